The lowest BCUT2D eigenvalue weighted by atomic mass is 10.2. The van der Waals surface area contributed by atoms with Crippen LogP contribution < -0.4 is 10.5 Å². The number of nitrogens with two attached hydrogens (primary N) is 1. The van der Waals surface area contributed by atoms with Crippen LogP contribution in [0.3, 0.4) is 0 Å². The van der Waals surface area contributed by atoms with Crippen molar-refractivity contribution in [3.63, 3.8) is 0 Å². The first kappa shape index (κ1) is 10.5. The van der Waals surface area contributed by atoms with Crippen LogP contribution in [0.1, 0.15) is 12.0 Å². The van der Waals surface area contributed by atoms with Crippen molar-refractivity contribution in [2.45, 2.75) is 6.42 Å². The van der Waals surface area contributed by atoms with Crippen LogP contribution in [0.2, 0.25) is 0 Å². The van der Waals surface area contributed by atoms with Gasteiger partial charge in [-0.3, -0.25) is 0 Å². The van der Waals surface area contributed by atoms with E-state index in [0.717, 1.165) is 6.42 Å². The summed E-state index contributed by atoms with van der Waals surface area (Å²) in [6.07, 6.45) is 0.735. The number of ether oxygens (including phenoxy) is 1. The fourth-order valence-corrected chi connectivity index (χ4v) is 0.953. The zero-order valence-electron chi connectivity index (χ0n) is 7.66. The van der Waals surface area contributed by atoms with Crippen molar-refractivity contribution in [1.29, 1.82) is 5.26 Å². The molecule has 14 heavy (non-hydrogen) atoms. The van der Waals surface area contributed by atoms with Crippen molar-refractivity contribution in [2.24, 2.45) is 5.73 Å². The Morgan fingerprint density at radius 1 is 1.50 bits per heavy atom. The van der Waals surface area contributed by atoms with Crippen LogP contribution in [0.15, 0.2) is 18.2 Å². The molecule has 0 heterocycles. The van der Waals surface area contributed by atoms with Gasteiger partial charge in [-0.15, -0.1) is 0 Å². The SMILES string of the molecule is N#Cc1cc(OCCCN)ccc1F. The maximum Gasteiger partial charge on any atom is 0.141 e. The van der Waals surface area contributed by atoms with E-state index in [0.29, 0.717) is 18.9 Å². The van der Waals surface area contributed by atoms with Crippen LogP contribution in [0.5, 0.6) is 5.75 Å². The summed E-state index contributed by atoms with van der Waals surface area (Å²) in [5.74, 6) is -0.0323. The third-order valence-electron chi connectivity index (χ3n) is 1.68. The van der Waals surface area contributed by atoms with Gasteiger partial charge in [0.05, 0.1) is 12.2 Å². The molecule has 0 saturated heterocycles. The molecule has 0 bridgehead atoms. The van der Waals surface area contributed by atoms with E-state index in [2.05, 4.69) is 0 Å². The molecule has 0 fully saturated rings. The van der Waals surface area contributed by atoms with Crippen molar-refractivity contribution in [2.75, 3.05) is 13.2 Å². The Morgan fingerprint density at radius 2 is 2.29 bits per heavy atom. The highest BCUT2D eigenvalue weighted by atomic mass is 19.1. The van der Waals surface area contributed by atoms with Crippen molar-refractivity contribution in [3.05, 3.63) is 29.6 Å². The van der Waals surface area contributed by atoms with Gasteiger partial charge in [0, 0.05) is 6.07 Å². The first-order chi connectivity index (χ1) is 6.77. The second-order valence-electron chi connectivity index (χ2n) is 2.74. The Hall–Kier alpha value is -1.60. The van der Waals surface area contributed by atoms with E-state index in [-0.39, 0.29) is 5.56 Å². The van der Waals surface area contributed by atoms with Crippen molar-refractivity contribution < 1.29 is 9.13 Å². The molecule has 2 N–H and O–H groups in total. The van der Waals surface area contributed by atoms with E-state index in [1.54, 1.807) is 6.07 Å². The molecule has 0 radical (unpaired) electrons. The molecule has 0 unspecified atom stereocenters. The van der Waals surface area contributed by atoms with Gasteiger partial charge in [-0.25, -0.2) is 4.39 Å². The summed E-state index contributed by atoms with van der Waals surface area (Å²) < 4.78 is 18.1. The average molecular weight is 194 g/mol. The molecule has 1 aromatic rings. The van der Waals surface area contributed by atoms with Crippen LogP contribution >= 0.6 is 0 Å². The zero-order chi connectivity index (χ0) is 10.4. The first-order valence-corrected chi connectivity index (χ1v) is 4.30. The largest absolute Gasteiger partial charge is 0.493 e. The second kappa shape index (κ2) is 5.20. The predicted molar refractivity (Wildman–Crippen MR) is 50.3 cm³/mol. The minimum absolute atomic E-state index is 0.00440. The van der Waals surface area contributed by atoms with Gasteiger partial charge in [-0.2, -0.15) is 5.26 Å². The monoisotopic (exact) mass is 194 g/mol. The fourth-order valence-electron chi connectivity index (χ4n) is 0.953. The summed E-state index contributed by atoms with van der Waals surface area (Å²) in [5, 5.41) is 8.55. The van der Waals surface area contributed by atoms with Crippen molar-refractivity contribution in [3.8, 4) is 11.8 Å². The molecule has 4 heteroatoms. The summed E-state index contributed by atoms with van der Waals surface area (Å²) >= 11 is 0. The molecule has 0 atom stereocenters. The van der Waals surface area contributed by atoms with Crippen LogP contribution in [-0.2, 0) is 0 Å². The Bertz CT molecular complexity index is 346. The van der Waals surface area contributed by atoms with Gasteiger partial charge in [0.2, 0.25) is 0 Å². The molecule has 0 aliphatic carbocycles. The molecule has 0 saturated carbocycles. The maximum atomic E-state index is 12.9. The van der Waals surface area contributed by atoms with Gasteiger partial charge in [0.25, 0.3) is 0 Å². The first-order valence-electron chi connectivity index (χ1n) is 4.30. The number of halogens is 1. The molecule has 3 nitrogen and oxygen atoms in total. The number of rotatable bonds is 4. The highest BCUT2D eigenvalue weighted by molar-refractivity contribution is 5.37. The number of nitriles is 1. The molecular weight excluding hydrogens is 183 g/mol. The van der Waals surface area contributed by atoms with Crippen molar-refractivity contribution in [1.82, 2.24) is 0 Å². The van der Waals surface area contributed by atoms with E-state index in [4.69, 9.17) is 15.7 Å². The van der Waals surface area contributed by atoms with Crippen LogP contribution in [0, 0.1) is 17.1 Å². The maximum absolute atomic E-state index is 12.9. The number of nitrogens with zero attached hydrogens (tertiary/aromatic N) is 1. The molecule has 74 valence electrons. The van der Waals surface area contributed by atoms with Gasteiger partial charge in [-0.05, 0) is 25.1 Å². The molecule has 1 rings (SSSR count). The lowest BCUT2D eigenvalue weighted by molar-refractivity contribution is 0.313. The quantitative estimate of drug-likeness (QED) is 0.737. The van der Waals surface area contributed by atoms with Gasteiger partial charge in [0.15, 0.2) is 0 Å². The Kier molecular flexibility index (Phi) is 3.89. The van der Waals surface area contributed by atoms with E-state index < -0.39 is 5.82 Å². The Balaban J connectivity index is 2.66. The fraction of sp³-hybridized carbons (Fsp3) is 0.300. The van der Waals surface area contributed by atoms with Crippen LogP contribution in [0.25, 0.3) is 0 Å². The highest BCUT2D eigenvalue weighted by Gasteiger charge is 2.02. The van der Waals surface area contributed by atoms with Crippen LogP contribution in [0.4, 0.5) is 4.39 Å². The minimum atomic E-state index is -0.529. The third-order valence-corrected chi connectivity index (χ3v) is 1.68. The predicted octanol–water partition coefficient (Wildman–Crippen LogP) is 1.42. The topological polar surface area (TPSA) is 59.0 Å². The molecule has 0 aliphatic rings. The molecule has 1 aromatic carbocycles. The Morgan fingerprint density at radius 3 is 2.93 bits per heavy atom. The average Bonchev–Trinajstić information content (AvgIpc) is 2.21. The van der Waals surface area contributed by atoms with E-state index in [1.807, 2.05) is 0 Å². The molecule has 0 amide bonds. The lowest BCUT2D eigenvalue weighted by Crippen LogP contribution is -2.06. The number of benzene rings is 1. The zero-order valence-corrected chi connectivity index (χ0v) is 7.66. The van der Waals surface area contributed by atoms with Gasteiger partial charge in [0.1, 0.15) is 17.6 Å². The Labute approximate surface area is 81.9 Å². The number of hydrogen-bond acceptors (Lipinski definition) is 3. The highest BCUT2D eigenvalue weighted by Crippen LogP contribution is 2.15. The molecular formula is C10H11FN2O. The van der Waals surface area contributed by atoms with E-state index in [1.165, 1.54) is 18.2 Å². The van der Waals surface area contributed by atoms with E-state index >= 15 is 0 Å². The van der Waals surface area contributed by atoms with Gasteiger partial charge in [-0.1, -0.05) is 0 Å². The minimum Gasteiger partial charge on any atom is -0.493 e. The normalized spacial score (nSPS) is 9.50. The lowest BCUT2D eigenvalue weighted by Gasteiger charge is -2.05. The number of hydrogen-bond donors (Lipinski definition) is 1. The molecule has 0 aromatic heterocycles. The summed E-state index contributed by atoms with van der Waals surface area (Å²) in [5.41, 5.74) is 5.28. The molecule has 0 spiro atoms. The van der Waals surface area contributed by atoms with Crippen LogP contribution in [-0.4, -0.2) is 13.2 Å². The molecule has 0 aliphatic heterocycles. The summed E-state index contributed by atoms with van der Waals surface area (Å²) in [6.45, 7) is 1.03. The summed E-state index contributed by atoms with van der Waals surface area (Å²) in [6, 6.07) is 5.84. The standard InChI is InChI=1S/C10H11FN2O/c11-10-3-2-9(6-8(10)7-13)14-5-1-4-12/h2-3,6H,1,4-5,12H2. The second-order valence-corrected chi connectivity index (χ2v) is 2.74. The van der Waals surface area contributed by atoms with Gasteiger partial charge >= 0.3 is 0 Å². The van der Waals surface area contributed by atoms with Gasteiger partial charge < -0.3 is 10.5 Å². The smallest absolute Gasteiger partial charge is 0.141 e. The summed E-state index contributed by atoms with van der Waals surface area (Å²) in [4.78, 5) is 0. The third kappa shape index (κ3) is 2.71. The van der Waals surface area contributed by atoms with E-state index in [9.17, 15) is 4.39 Å². The summed E-state index contributed by atoms with van der Waals surface area (Å²) in [7, 11) is 0. The van der Waals surface area contributed by atoms with Crippen molar-refractivity contribution >= 4 is 0 Å².